The minimum Gasteiger partial charge on any atom is -0.486 e. The third kappa shape index (κ3) is 4.28. The molecule has 1 saturated carbocycles. The van der Waals surface area contributed by atoms with Crippen molar-refractivity contribution in [3.63, 3.8) is 0 Å². The maximum Gasteiger partial charge on any atom is 0.230 e. The molecule has 0 radical (unpaired) electrons. The molecule has 2 heterocycles. The average molecular weight is 423 g/mol. The van der Waals surface area contributed by atoms with Gasteiger partial charge in [0.1, 0.15) is 18.5 Å². The van der Waals surface area contributed by atoms with E-state index in [1.807, 2.05) is 59.3 Å². The molecule has 1 atom stereocenters. The highest BCUT2D eigenvalue weighted by Gasteiger charge is 2.30. The second-order valence-corrected chi connectivity index (χ2v) is 8.31. The van der Waals surface area contributed by atoms with E-state index in [9.17, 15) is 4.79 Å². The number of ether oxygens (including phenoxy) is 2. The van der Waals surface area contributed by atoms with Crippen molar-refractivity contribution in [3.05, 3.63) is 60.4 Å². The number of amides is 1. The van der Waals surface area contributed by atoms with Gasteiger partial charge in [-0.2, -0.15) is 0 Å². The van der Waals surface area contributed by atoms with Gasteiger partial charge in [0.05, 0.1) is 18.0 Å². The van der Waals surface area contributed by atoms with E-state index in [0.717, 1.165) is 30.1 Å². The van der Waals surface area contributed by atoms with Crippen LogP contribution < -0.4 is 14.8 Å². The summed E-state index contributed by atoms with van der Waals surface area (Å²) in [6.45, 7) is 0.811. The van der Waals surface area contributed by atoms with Gasteiger partial charge in [0.25, 0.3) is 0 Å². The fourth-order valence-corrected chi connectivity index (χ4v) is 3.96. The molecule has 5 rings (SSSR count). The lowest BCUT2D eigenvalue weighted by atomic mass is 10.2. The van der Waals surface area contributed by atoms with Crippen molar-refractivity contribution in [3.8, 4) is 17.2 Å². The van der Waals surface area contributed by atoms with Crippen LogP contribution in [0.15, 0.2) is 59.8 Å². The second-order valence-electron chi connectivity index (χ2n) is 7.36. The molecule has 2 aliphatic rings. The van der Waals surface area contributed by atoms with E-state index in [0.29, 0.717) is 30.0 Å². The second kappa shape index (κ2) is 8.39. The van der Waals surface area contributed by atoms with E-state index in [1.165, 1.54) is 11.8 Å². The first-order chi connectivity index (χ1) is 14.8. The number of para-hydroxylation sites is 3. The van der Waals surface area contributed by atoms with Crippen LogP contribution in [0.4, 0.5) is 0 Å². The number of hydrogen-bond donors (Lipinski definition) is 1. The van der Waals surface area contributed by atoms with Crippen LogP contribution in [0.25, 0.3) is 5.69 Å². The summed E-state index contributed by atoms with van der Waals surface area (Å²) in [6.07, 6.45) is 2.08. The van der Waals surface area contributed by atoms with Crippen LogP contribution in [0.5, 0.6) is 11.5 Å². The molecule has 3 aromatic rings. The van der Waals surface area contributed by atoms with Gasteiger partial charge in [0.2, 0.25) is 11.1 Å². The molecule has 1 aromatic heterocycles. The first-order valence-corrected chi connectivity index (χ1v) is 11.0. The van der Waals surface area contributed by atoms with Crippen molar-refractivity contribution in [2.45, 2.75) is 30.0 Å². The van der Waals surface area contributed by atoms with E-state index >= 15 is 0 Å². The summed E-state index contributed by atoms with van der Waals surface area (Å²) >= 11 is 1.35. The fraction of sp³-hybridized carbons (Fsp3) is 0.318. The zero-order valence-corrected chi connectivity index (χ0v) is 17.2. The molecule has 1 aliphatic carbocycles. The number of carbonyl (C=O) groups is 1. The minimum atomic E-state index is -0.203. The molecule has 30 heavy (non-hydrogen) atoms. The van der Waals surface area contributed by atoms with Crippen molar-refractivity contribution in [1.82, 2.24) is 20.1 Å². The average Bonchev–Trinajstić information content (AvgIpc) is 3.55. The Balaban J connectivity index is 1.15. The summed E-state index contributed by atoms with van der Waals surface area (Å²) in [5, 5.41) is 8.17. The van der Waals surface area contributed by atoms with Gasteiger partial charge in [-0.25, -0.2) is 9.67 Å². The van der Waals surface area contributed by atoms with Crippen molar-refractivity contribution >= 4 is 17.7 Å². The van der Waals surface area contributed by atoms with Crippen LogP contribution >= 0.6 is 11.8 Å². The van der Waals surface area contributed by atoms with Crippen LogP contribution in [0, 0.1) is 0 Å². The fourth-order valence-electron chi connectivity index (χ4n) is 3.30. The lowest BCUT2D eigenvalue weighted by molar-refractivity contribution is -0.119. The lowest BCUT2D eigenvalue weighted by Crippen LogP contribution is -2.41. The Kier molecular flexibility index (Phi) is 5.31. The van der Waals surface area contributed by atoms with E-state index in [1.54, 1.807) is 0 Å². The molecule has 154 valence electrons. The zero-order chi connectivity index (χ0) is 20.3. The molecule has 1 amide bonds. The highest BCUT2D eigenvalue weighted by molar-refractivity contribution is 7.99. The molecule has 1 unspecified atom stereocenters. The van der Waals surface area contributed by atoms with Crippen LogP contribution in [-0.2, 0) is 4.79 Å². The molecule has 0 bridgehead atoms. The van der Waals surface area contributed by atoms with Gasteiger partial charge in [-0.3, -0.25) is 4.79 Å². The minimum absolute atomic E-state index is 0.0773. The summed E-state index contributed by atoms with van der Waals surface area (Å²) in [5.41, 5.74) is 0.998. The first kappa shape index (κ1) is 19.0. The van der Waals surface area contributed by atoms with Gasteiger partial charge in [-0.05, 0) is 37.1 Å². The van der Waals surface area contributed by atoms with Gasteiger partial charge in [0.15, 0.2) is 11.5 Å². The van der Waals surface area contributed by atoms with Crippen LogP contribution in [0.2, 0.25) is 0 Å². The Bertz CT molecular complexity index is 1040. The third-order valence-corrected chi connectivity index (χ3v) is 5.82. The quantitative estimate of drug-likeness (QED) is 0.589. The van der Waals surface area contributed by atoms with Gasteiger partial charge in [-0.1, -0.05) is 42.1 Å². The maximum absolute atomic E-state index is 12.3. The predicted octanol–water partition coefficient (Wildman–Crippen LogP) is 3.19. The Hall–Kier alpha value is -3.00. The number of carbonyl (C=O) groups excluding carboxylic acids is 1. The van der Waals surface area contributed by atoms with Crippen molar-refractivity contribution in [2.24, 2.45) is 0 Å². The number of thioether (sulfide) groups is 1. The largest absolute Gasteiger partial charge is 0.486 e. The summed E-state index contributed by atoms with van der Waals surface area (Å²) < 4.78 is 13.5. The summed E-state index contributed by atoms with van der Waals surface area (Å²) in [5.74, 6) is 3.07. The van der Waals surface area contributed by atoms with Gasteiger partial charge < -0.3 is 14.8 Å². The summed E-state index contributed by atoms with van der Waals surface area (Å²) in [7, 11) is 0. The van der Waals surface area contributed by atoms with Crippen molar-refractivity contribution in [1.29, 1.82) is 0 Å². The van der Waals surface area contributed by atoms with E-state index < -0.39 is 0 Å². The molecule has 8 heteroatoms. The number of benzene rings is 2. The third-order valence-electron chi connectivity index (χ3n) is 4.98. The Labute approximate surface area is 178 Å². The van der Waals surface area contributed by atoms with Gasteiger partial charge in [-0.15, -0.1) is 5.10 Å². The lowest BCUT2D eigenvalue weighted by Gasteiger charge is -2.26. The molecule has 0 saturated heterocycles. The summed E-state index contributed by atoms with van der Waals surface area (Å²) in [4.78, 5) is 17.0. The highest BCUT2D eigenvalue weighted by Crippen LogP contribution is 2.40. The van der Waals surface area contributed by atoms with Crippen molar-refractivity contribution < 1.29 is 14.3 Å². The molecule has 1 aliphatic heterocycles. The highest BCUT2D eigenvalue weighted by atomic mass is 32.2. The Morgan fingerprint density at radius 1 is 1.10 bits per heavy atom. The van der Waals surface area contributed by atoms with E-state index in [-0.39, 0.29) is 17.8 Å². The molecular formula is C22H22N4O3S. The normalized spacial score (nSPS) is 17.5. The number of nitrogens with one attached hydrogen (secondary N) is 1. The Morgan fingerprint density at radius 2 is 1.87 bits per heavy atom. The van der Waals surface area contributed by atoms with Crippen LogP contribution in [-0.4, -0.2) is 45.7 Å². The number of aromatic nitrogens is 3. The molecule has 1 N–H and O–H groups in total. The monoisotopic (exact) mass is 422 g/mol. The molecule has 1 fully saturated rings. The van der Waals surface area contributed by atoms with Gasteiger partial charge in [0, 0.05) is 5.92 Å². The van der Waals surface area contributed by atoms with Crippen LogP contribution in [0.3, 0.4) is 0 Å². The van der Waals surface area contributed by atoms with Crippen LogP contribution in [0.1, 0.15) is 24.6 Å². The molecule has 7 nitrogen and oxygen atoms in total. The predicted molar refractivity (Wildman–Crippen MR) is 113 cm³/mol. The van der Waals surface area contributed by atoms with Crippen molar-refractivity contribution in [2.75, 3.05) is 18.9 Å². The molecule has 0 spiro atoms. The van der Waals surface area contributed by atoms with E-state index in [4.69, 9.17) is 9.47 Å². The number of hydrogen-bond acceptors (Lipinski definition) is 6. The standard InChI is InChI=1S/C22H22N4O3S/c27-20(23-12-17-13-28-18-8-4-5-9-19(18)29-17)14-30-22-24-21(15-10-11-15)26(25-22)16-6-2-1-3-7-16/h1-9,15,17H,10-14H2,(H,23,27). The number of rotatable bonds is 7. The molecular weight excluding hydrogens is 400 g/mol. The summed E-state index contributed by atoms with van der Waals surface area (Å²) in [6, 6.07) is 17.5. The molecule has 2 aromatic carbocycles. The number of fused-ring (bicyclic) bond motifs is 1. The topological polar surface area (TPSA) is 78.3 Å². The van der Waals surface area contributed by atoms with Gasteiger partial charge >= 0.3 is 0 Å². The number of nitrogens with zero attached hydrogens (tertiary/aromatic N) is 3. The van der Waals surface area contributed by atoms with E-state index in [2.05, 4.69) is 15.4 Å². The SMILES string of the molecule is O=C(CSc1nc(C2CC2)n(-c2ccccc2)n1)NCC1COc2ccccc2O1. The maximum atomic E-state index is 12.3. The zero-order valence-electron chi connectivity index (χ0n) is 16.4. The Morgan fingerprint density at radius 3 is 2.67 bits per heavy atom. The first-order valence-electron chi connectivity index (χ1n) is 10.1. The smallest absolute Gasteiger partial charge is 0.230 e.